The minimum absolute atomic E-state index is 0.138. The Morgan fingerprint density at radius 1 is 1.38 bits per heavy atom. The van der Waals surface area contributed by atoms with Crippen LogP contribution in [0.2, 0.25) is 5.02 Å². The van der Waals surface area contributed by atoms with E-state index in [1.165, 1.54) is 12.4 Å². The number of rotatable bonds is 4. The molecule has 0 amide bonds. The van der Waals surface area contributed by atoms with Crippen molar-refractivity contribution in [1.29, 1.82) is 0 Å². The lowest BCUT2D eigenvalue weighted by atomic mass is 10.2. The van der Waals surface area contributed by atoms with Gasteiger partial charge < -0.3 is 5.32 Å². The summed E-state index contributed by atoms with van der Waals surface area (Å²) in [6, 6.07) is 4.93. The van der Waals surface area contributed by atoms with Gasteiger partial charge in [0, 0.05) is 12.1 Å². The molecule has 2 rings (SSSR count). The molecular weight excluding hydrogens is 231 g/mol. The SMILES string of the molecule is Fc1c(Cl)cccc1CNCc1ncn[nH]1. The zero-order valence-electron chi connectivity index (χ0n) is 8.37. The summed E-state index contributed by atoms with van der Waals surface area (Å²) in [6.45, 7) is 0.902. The van der Waals surface area contributed by atoms with Gasteiger partial charge in [-0.25, -0.2) is 9.37 Å². The van der Waals surface area contributed by atoms with E-state index >= 15 is 0 Å². The lowest BCUT2D eigenvalue weighted by Crippen LogP contribution is -2.14. The van der Waals surface area contributed by atoms with Gasteiger partial charge in [-0.3, -0.25) is 5.10 Å². The van der Waals surface area contributed by atoms with Crippen LogP contribution in [0.1, 0.15) is 11.4 Å². The molecule has 0 unspecified atom stereocenters. The van der Waals surface area contributed by atoms with Crippen molar-refractivity contribution in [3.8, 4) is 0 Å². The number of nitrogens with zero attached hydrogens (tertiary/aromatic N) is 2. The van der Waals surface area contributed by atoms with Crippen molar-refractivity contribution in [1.82, 2.24) is 20.5 Å². The summed E-state index contributed by atoms with van der Waals surface area (Å²) in [7, 11) is 0. The first-order valence-corrected chi connectivity index (χ1v) is 5.13. The van der Waals surface area contributed by atoms with Crippen LogP contribution in [0, 0.1) is 5.82 Å². The van der Waals surface area contributed by atoms with Crippen LogP contribution in [0.4, 0.5) is 4.39 Å². The molecular formula is C10H10ClFN4. The van der Waals surface area contributed by atoms with E-state index in [0.717, 1.165) is 0 Å². The van der Waals surface area contributed by atoms with E-state index in [9.17, 15) is 4.39 Å². The molecule has 0 bridgehead atoms. The largest absolute Gasteiger partial charge is 0.306 e. The van der Waals surface area contributed by atoms with Gasteiger partial charge in [0.05, 0.1) is 11.6 Å². The van der Waals surface area contributed by atoms with Crippen molar-refractivity contribution in [2.75, 3.05) is 0 Å². The maximum Gasteiger partial charge on any atom is 0.146 e. The Morgan fingerprint density at radius 3 is 3.00 bits per heavy atom. The third-order valence-corrected chi connectivity index (χ3v) is 2.40. The molecule has 0 saturated carbocycles. The fraction of sp³-hybridized carbons (Fsp3) is 0.200. The molecule has 6 heteroatoms. The second-order valence-electron chi connectivity index (χ2n) is 3.25. The summed E-state index contributed by atoms with van der Waals surface area (Å²) in [5.74, 6) is 0.330. The third-order valence-electron chi connectivity index (χ3n) is 2.10. The topological polar surface area (TPSA) is 53.6 Å². The summed E-state index contributed by atoms with van der Waals surface area (Å²) < 4.78 is 13.5. The van der Waals surface area contributed by atoms with Crippen LogP contribution in [0.5, 0.6) is 0 Å². The molecule has 0 spiro atoms. The van der Waals surface area contributed by atoms with Crippen LogP contribution in [-0.2, 0) is 13.1 Å². The fourth-order valence-electron chi connectivity index (χ4n) is 1.32. The average molecular weight is 241 g/mol. The fourth-order valence-corrected chi connectivity index (χ4v) is 1.51. The van der Waals surface area contributed by atoms with Crippen molar-refractivity contribution >= 4 is 11.6 Å². The Bertz CT molecular complexity index is 458. The standard InChI is InChI=1S/C10H10ClFN4/c11-8-3-1-2-7(10(8)12)4-13-5-9-14-6-15-16-9/h1-3,6,13H,4-5H2,(H,14,15,16). The van der Waals surface area contributed by atoms with E-state index in [2.05, 4.69) is 20.5 Å². The highest BCUT2D eigenvalue weighted by atomic mass is 35.5. The van der Waals surface area contributed by atoms with E-state index in [1.807, 2.05) is 0 Å². The van der Waals surface area contributed by atoms with Gasteiger partial charge in [0.25, 0.3) is 0 Å². The Balaban J connectivity index is 1.92. The quantitative estimate of drug-likeness (QED) is 0.858. The summed E-state index contributed by atoms with van der Waals surface area (Å²) in [4.78, 5) is 3.94. The van der Waals surface area contributed by atoms with Gasteiger partial charge in [0.15, 0.2) is 0 Å². The van der Waals surface area contributed by atoms with E-state index in [-0.39, 0.29) is 10.8 Å². The predicted octanol–water partition coefficient (Wildman–Crippen LogP) is 1.89. The van der Waals surface area contributed by atoms with Gasteiger partial charge in [-0.15, -0.1) is 0 Å². The molecule has 1 heterocycles. The molecule has 0 atom stereocenters. The van der Waals surface area contributed by atoms with Gasteiger partial charge >= 0.3 is 0 Å². The number of aromatic nitrogens is 3. The third kappa shape index (κ3) is 2.56. The van der Waals surface area contributed by atoms with Crippen LogP contribution in [0.15, 0.2) is 24.5 Å². The lowest BCUT2D eigenvalue weighted by molar-refractivity contribution is 0.583. The van der Waals surface area contributed by atoms with Crippen LogP contribution in [0.25, 0.3) is 0 Å². The number of H-pyrrole nitrogens is 1. The zero-order valence-corrected chi connectivity index (χ0v) is 9.13. The Hall–Kier alpha value is -1.46. The summed E-state index contributed by atoms with van der Waals surface area (Å²) in [5.41, 5.74) is 0.534. The zero-order chi connectivity index (χ0) is 11.4. The predicted molar refractivity (Wildman–Crippen MR) is 58.3 cm³/mol. The maximum absolute atomic E-state index is 13.5. The molecule has 2 N–H and O–H groups in total. The molecule has 4 nitrogen and oxygen atoms in total. The lowest BCUT2D eigenvalue weighted by Gasteiger charge is -2.05. The molecule has 0 aliphatic carbocycles. The van der Waals surface area contributed by atoms with Crippen LogP contribution in [-0.4, -0.2) is 15.2 Å². The molecule has 0 aliphatic heterocycles. The minimum atomic E-state index is -0.380. The van der Waals surface area contributed by atoms with E-state index < -0.39 is 0 Å². The number of nitrogens with one attached hydrogen (secondary N) is 2. The number of aromatic amines is 1. The maximum atomic E-state index is 13.5. The molecule has 0 aliphatic rings. The van der Waals surface area contributed by atoms with E-state index in [0.29, 0.717) is 24.5 Å². The molecule has 84 valence electrons. The van der Waals surface area contributed by atoms with Crippen molar-refractivity contribution < 1.29 is 4.39 Å². The highest BCUT2D eigenvalue weighted by Crippen LogP contribution is 2.17. The van der Waals surface area contributed by atoms with Crippen LogP contribution >= 0.6 is 11.6 Å². The Labute approximate surface area is 96.9 Å². The van der Waals surface area contributed by atoms with Gasteiger partial charge in [0.2, 0.25) is 0 Å². The van der Waals surface area contributed by atoms with Crippen molar-refractivity contribution in [2.24, 2.45) is 0 Å². The molecule has 0 saturated heterocycles. The van der Waals surface area contributed by atoms with E-state index in [1.54, 1.807) is 12.1 Å². The highest BCUT2D eigenvalue weighted by molar-refractivity contribution is 6.30. The van der Waals surface area contributed by atoms with Gasteiger partial charge in [-0.1, -0.05) is 23.7 Å². The number of hydrogen-bond donors (Lipinski definition) is 2. The second kappa shape index (κ2) is 5.05. The molecule has 0 fully saturated rings. The second-order valence-corrected chi connectivity index (χ2v) is 3.66. The Morgan fingerprint density at radius 2 is 2.25 bits per heavy atom. The molecule has 2 aromatic rings. The van der Waals surface area contributed by atoms with Gasteiger partial charge in [-0.2, -0.15) is 5.10 Å². The summed E-state index contributed by atoms with van der Waals surface area (Å²) in [5, 5.41) is 9.59. The molecule has 16 heavy (non-hydrogen) atoms. The van der Waals surface area contributed by atoms with Crippen molar-refractivity contribution in [2.45, 2.75) is 13.1 Å². The smallest absolute Gasteiger partial charge is 0.146 e. The summed E-state index contributed by atoms with van der Waals surface area (Å²) >= 11 is 5.66. The van der Waals surface area contributed by atoms with Crippen LogP contribution < -0.4 is 5.32 Å². The minimum Gasteiger partial charge on any atom is -0.306 e. The first-order valence-electron chi connectivity index (χ1n) is 4.75. The molecule has 1 aromatic heterocycles. The Kier molecular flexibility index (Phi) is 3.48. The van der Waals surface area contributed by atoms with Gasteiger partial charge in [-0.05, 0) is 6.07 Å². The number of halogens is 2. The van der Waals surface area contributed by atoms with Gasteiger partial charge in [0.1, 0.15) is 18.0 Å². The number of hydrogen-bond acceptors (Lipinski definition) is 3. The van der Waals surface area contributed by atoms with Crippen molar-refractivity contribution in [3.63, 3.8) is 0 Å². The molecule has 1 aromatic carbocycles. The van der Waals surface area contributed by atoms with Crippen molar-refractivity contribution in [3.05, 3.63) is 46.8 Å². The molecule has 0 radical (unpaired) electrons. The number of benzene rings is 1. The highest BCUT2D eigenvalue weighted by Gasteiger charge is 2.05. The average Bonchev–Trinajstić information content (AvgIpc) is 2.77. The monoisotopic (exact) mass is 240 g/mol. The van der Waals surface area contributed by atoms with E-state index in [4.69, 9.17) is 11.6 Å². The van der Waals surface area contributed by atoms with Crippen LogP contribution in [0.3, 0.4) is 0 Å². The summed E-state index contributed by atoms with van der Waals surface area (Å²) in [6.07, 6.45) is 1.43. The first kappa shape index (κ1) is 11.0. The normalized spacial score (nSPS) is 10.6. The first-order chi connectivity index (χ1) is 7.77.